The van der Waals surface area contributed by atoms with Gasteiger partial charge < -0.3 is 0 Å². The number of aromatic nitrogens is 2. The van der Waals surface area contributed by atoms with E-state index in [1.807, 2.05) is 6.20 Å². The number of nitrogens with zero attached hydrogens (tertiary/aromatic N) is 3. The Morgan fingerprint density at radius 3 is 2.93 bits per heavy atom. The SMILES string of the molecule is CN1Cc2ccnn2CC2(CCC2)C1. The fourth-order valence-corrected chi connectivity index (χ4v) is 2.90. The third-order valence-electron chi connectivity index (χ3n) is 3.74. The minimum absolute atomic E-state index is 0.548. The molecule has 3 nitrogen and oxygen atoms in total. The van der Waals surface area contributed by atoms with Crippen LogP contribution in [0.5, 0.6) is 0 Å². The Labute approximate surface area is 84.7 Å². The van der Waals surface area contributed by atoms with Crippen molar-refractivity contribution in [2.24, 2.45) is 5.41 Å². The molecule has 0 N–H and O–H groups in total. The van der Waals surface area contributed by atoms with E-state index in [-0.39, 0.29) is 0 Å². The Morgan fingerprint density at radius 1 is 1.36 bits per heavy atom. The van der Waals surface area contributed by atoms with Gasteiger partial charge in [0.05, 0.1) is 5.69 Å². The second-order valence-electron chi connectivity index (χ2n) is 5.01. The van der Waals surface area contributed by atoms with Gasteiger partial charge in [0.25, 0.3) is 0 Å². The Bertz CT molecular complexity index is 338. The molecule has 1 spiro atoms. The first-order valence-corrected chi connectivity index (χ1v) is 5.47. The average Bonchev–Trinajstić information content (AvgIpc) is 2.43. The van der Waals surface area contributed by atoms with E-state index in [0.717, 1.165) is 13.1 Å². The summed E-state index contributed by atoms with van der Waals surface area (Å²) in [7, 11) is 2.22. The van der Waals surface area contributed by atoms with E-state index in [1.54, 1.807) is 0 Å². The van der Waals surface area contributed by atoms with Crippen LogP contribution < -0.4 is 0 Å². The van der Waals surface area contributed by atoms with Crippen LogP contribution in [0, 0.1) is 5.41 Å². The van der Waals surface area contributed by atoms with Crippen LogP contribution in [0.2, 0.25) is 0 Å². The van der Waals surface area contributed by atoms with E-state index >= 15 is 0 Å². The van der Waals surface area contributed by atoms with Crippen LogP contribution in [-0.2, 0) is 13.1 Å². The molecule has 76 valence electrons. The third kappa shape index (κ3) is 1.19. The highest BCUT2D eigenvalue weighted by Crippen LogP contribution is 2.44. The van der Waals surface area contributed by atoms with Crippen molar-refractivity contribution in [3.05, 3.63) is 18.0 Å². The molecule has 2 aliphatic rings. The van der Waals surface area contributed by atoms with Crippen LogP contribution in [0.15, 0.2) is 12.3 Å². The van der Waals surface area contributed by atoms with Crippen molar-refractivity contribution in [1.29, 1.82) is 0 Å². The number of hydrogen-bond acceptors (Lipinski definition) is 2. The Balaban J connectivity index is 1.94. The van der Waals surface area contributed by atoms with E-state index in [0.29, 0.717) is 5.41 Å². The predicted octanol–water partition coefficient (Wildman–Crippen LogP) is 1.50. The molecular formula is C11H17N3. The second kappa shape index (κ2) is 2.83. The minimum atomic E-state index is 0.548. The van der Waals surface area contributed by atoms with Crippen LogP contribution in [0.3, 0.4) is 0 Å². The molecule has 3 rings (SSSR count). The lowest BCUT2D eigenvalue weighted by atomic mass is 9.68. The highest BCUT2D eigenvalue weighted by atomic mass is 15.3. The fourth-order valence-electron chi connectivity index (χ4n) is 2.90. The summed E-state index contributed by atoms with van der Waals surface area (Å²) in [6.07, 6.45) is 6.11. The van der Waals surface area contributed by atoms with E-state index in [9.17, 15) is 0 Å². The Morgan fingerprint density at radius 2 is 2.21 bits per heavy atom. The zero-order valence-corrected chi connectivity index (χ0v) is 8.74. The van der Waals surface area contributed by atoms with Gasteiger partial charge in [-0.1, -0.05) is 6.42 Å². The molecule has 0 bridgehead atoms. The molecule has 0 unspecified atom stereocenters. The summed E-state index contributed by atoms with van der Waals surface area (Å²) in [5.74, 6) is 0. The molecule has 0 saturated heterocycles. The summed E-state index contributed by atoms with van der Waals surface area (Å²) in [6, 6.07) is 2.15. The molecule has 1 fully saturated rings. The quantitative estimate of drug-likeness (QED) is 0.619. The molecule has 3 heteroatoms. The van der Waals surface area contributed by atoms with Crippen LogP contribution in [0.1, 0.15) is 25.0 Å². The van der Waals surface area contributed by atoms with Crippen molar-refractivity contribution >= 4 is 0 Å². The van der Waals surface area contributed by atoms with Gasteiger partial charge in [-0.25, -0.2) is 0 Å². The van der Waals surface area contributed by atoms with Gasteiger partial charge in [-0.15, -0.1) is 0 Å². The van der Waals surface area contributed by atoms with Crippen molar-refractivity contribution in [1.82, 2.24) is 14.7 Å². The van der Waals surface area contributed by atoms with E-state index < -0.39 is 0 Å². The summed E-state index contributed by atoms with van der Waals surface area (Å²) in [6.45, 7) is 3.44. The Kier molecular flexibility index (Phi) is 1.71. The maximum Gasteiger partial charge on any atom is 0.0524 e. The molecule has 1 saturated carbocycles. The van der Waals surface area contributed by atoms with Gasteiger partial charge in [-0.3, -0.25) is 9.58 Å². The molecule has 1 aromatic heterocycles. The summed E-state index contributed by atoms with van der Waals surface area (Å²) >= 11 is 0. The van der Waals surface area contributed by atoms with Gasteiger partial charge in [0.1, 0.15) is 0 Å². The third-order valence-corrected chi connectivity index (χ3v) is 3.74. The number of rotatable bonds is 0. The normalized spacial score (nSPS) is 25.5. The van der Waals surface area contributed by atoms with Crippen molar-refractivity contribution < 1.29 is 0 Å². The zero-order chi connectivity index (χ0) is 9.60. The summed E-state index contributed by atoms with van der Waals surface area (Å²) in [4.78, 5) is 2.44. The van der Waals surface area contributed by atoms with Crippen molar-refractivity contribution in [2.75, 3.05) is 13.6 Å². The number of fused-ring (bicyclic) bond motifs is 1. The second-order valence-corrected chi connectivity index (χ2v) is 5.01. The molecule has 0 atom stereocenters. The van der Waals surface area contributed by atoms with Gasteiger partial charge in [0.15, 0.2) is 0 Å². The van der Waals surface area contributed by atoms with Crippen molar-refractivity contribution in [3.8, 4) is 0 Å². The number of hydrogen-bond donors (Lipinski definition) is 0. The van der Waals surface area contributed by atoms with Gasteiger partial charge in [-0.2, -0.15) is 5.10 Å². The molecule has 1 aromatic rings. The zero-order valence-electron chi connectivity index (χ0n) is 8.74. The lowest BCUT2D eigenvalue weighted by molar-refractivity contribution is 0.0661. The summed E-state index contributed by atoms with van der Waals surface area (Å²) in [5.41, 5.74) is 1.92. The largest absolute Gasteiger partial charge is 0.300 e. The first-order valence-electron chi connectivity index (χ1n) is 5.47. The van der Waals surface area contributed by atoms with Crippen molar-refractivity contribution in [2.45, 2.75) is 32.4 Å². The maximum absolute atomic E-state index is 4.42. The minimum Gasteiger partial charge on any atom is -0.300 e. The highest BCUT2D eigenvalue weighted by Gasteiger charge is 2.40. The first kappa shape index (κ1) is 8.48. The first-order chi connectivity index (χ1) is 6.77. The monoisotopic (exact) mass is 191 g/mol. The molecule has 0 aromatic carbocycles. The topological polar surface area (TPSA) is 21.1 Å². The lowest BCUT2D eigenvalue weighted by Crippen LogP contribution is -2.41. The molecule has 1 aliphatic heterocycles. The van der Waals surface area contributed by atoms with Crippen LogP contribution in [0.4, 0.5) is 0 Å². The molecule has 2 heterocycles. The van der Waals surface area contributed by atoms with Gasteiger partial charge in [-0.05, 0) is 26.0 Å². The van der Waals surface area contributed by atoms with E-state index in [4.69, 9.17) is 0 Å². The summed E-state index contributed by atoms with van der Waals surface area (Å²) in [5, 5.41) is 4.42. The van der Waals surface area contributed by atoms with Crippen LogP contribution in [-0.4, -0.2) is 28.3 Å². The molecular weight excluding hydrogens is 174 g/mol. The standard InChI is InChI=1S/C11H17N3/c1-13-7-10-3-6-12-14(10)9-11(8-13)4-2-5-11/h3,6H,2,4-5,7-9H2,1H3. The maximum atomic E-state index is 4.42. The van der Waals surface area contributed by atoms with E-state index in [2.05, 4.69) is 27.8 Å². The smallest absolute Gasteiger partial charge is 0.0524 e. The average molecular weight is 191 g/mol. The van der Waals surface area contributed by atoms with Gasteiger partial charge >= 0.3 is 0 Å². The highest BCUT2D eigenvalue weighted by molar-refractivity contribution is 5.05. The van der Waals surface area contributed by atoms with Crippen LogP contribution in [0.25, 0.3) is 0 Å². The van der Waals surface area contributed by atoms with Gasteiger partial charge in [0, 0.05) is 31.2 Å². The molecule has 14 heavy (non-hydrogen) atoms. The predicted molar refractivity (Wildman–Crippen MR) is 54.8 cm³/mol. The molecule has 1 aliphatic carbocycles. The van der Waals surface area contributed by atoms with Gasteiger partial charge in [0.2, 0.25) is 0 Å². The fraction of sp³-hybridized carbons (Fsp3) is 0.727. The van der Waals surface area contributed by atoms with Crippen molar-refractivity contribution in [3.63, 3.8) is 0 Å². The van der Waals surface area contributed by atoms with E-state index in [1.165, 1.54) is 31.5 Å². The Hall–Kier alpha value is -0.830. The van der Waals surface area contributed by atoms with Crippen LogP contribution >= 0.6 is 0 Å². The molecule has 0 amide bonds. The molecule has 0 radical (unpaired) electrons. The summed E-state index contributed by atoms with van der Waals surface area (Å²) < 4.78 is 2.21. The lowest BCUT2D eigenvalue weighted by Gasteiger charge is -2.42.